The Morgan fingerprint density at radius 3 is 2.62 bits per heavy atom. The molecule has 9 nitrogen and oxygen atoms in total. The number of amides is 2. The minimum absolute atomic E-state index is 0.234. The van der Waals surface area contributed by atoms with E-state index in [1.54, 1.807) is 11.8 Å². The standard InChI is InChI=1S/C12H20N6O3/c1-3-12(10(19)20)4-6-18(7-5-12)11(21)13-8(2)9-14-16-17-15-9/h8H,3-7H2,1-2H3,(H,13,21)(H,19,20)(H,14,15,16,17). The Balaban J connectivity index is 1.90. The molecule has 0 aliphatic carbocycles. The molecule has 1 atom stereocenters. The van der Waals surface area contributed by atoms with E-state index in [0.717, 1.165) is 0 Å². The van der Waals surface area contributed by atoms with Crippen molar-refractivity contribution in [1.82, 2.24) is 30.8 Å². The molecule has 1 aromatic heterocycles. The van der Waals surface area contributed by atoms with E-state index in [4.69, 9.17) is 0 Å². The number of nitrogens with zero attached hydrogens (tertiary/aromatic N) is 4. The highest BCUT2D eigenvalue weighted by Crippen LogP contribution is 2.35. The van der Waals surface area contributed by atoms with Crippen LogP contribution in [0.5, 0.6) is 0 Å². The summed E-state index contributed by atoms with van der Waals surface area (Å²) in [4.78, 5) is 25.2. The molecule has 1 fully saturated rings. The van der Waals surface area contributed by atoms with E-state index in [2.05, 4.69) is 25.9 Å². The monoisotopic (exact) mass is 296 g/mol. The van der Waals surface area contributed by atoms with Gasteiger partial charge in [-0.3, -0.25) is 4.79 Å². The number of carboxylic acids is 1. The fourth-order valence-electron chi connectivity index (χ4n) is 2.55. The molecule has 0 bridgehead atoms. The molecular weight excluding hydrogens is 276 g/mol. The first-order valence-corrected chi connectivity index (χ1v) is 7.00. The zero-order chi connectivity index (χ0) is 15.5. The predicted molar refractivity (Wildman–Crippen MR) is 72.3 cm³/mol. The van der Waals surface area contributed by atoms with Crippen molar-refractivity contribution in [3.8, 4) is 0 Å². The summed E-state index contributed by atoms with van der Waals surface area (Å²) < 4.78 is 0. The highest BCUT2D eigenvalue weighted by molar-refractivity contribution is 5.77. The first kappa shape index (κ1) is 15.2. The van der Waals surface area contributed by atoms with Crippen molar-refractivity contribution in [1.29, 1.82) is 0 Å². The Hall–Kier alpha value is -2.19. The molecule has 0 aromatic carbocycles. The smallest absolute Gasteiger partial charge is 0.317 e. The number of carbonyl (C=O) groups is 2. The van der Waals surface area contributed by atoms with E-state index in [-0.39, 0.29) is 12.1 Å². The zero-order valence-electron chi connectivity index (χ0n) is 12.2. The van der Waals surface area contributed by atoms with E-state index in [1.165, 1.54) is 0 Å². The number of aromatic nitrogens is 4. The van der Waals surface area contributed by atoms with Gasteiger partial charge < -0.3 is 15.3 Å². The summed E-state index contributed by atoms with van der Waals surface area (Å²) in [6.07, 6.45) is 1.53. The van der Waals surface area contributed by atoms with Crippen molar-refractivity contribution in [2.24, 2.45) is 5.41 Å². The topological polar surface area (TPSA) is 124 Å². The molecule has 9 heteroatoms. The number of piperidine rings is 1. The molecule has 0 radical (unpaired) electrons. The van der Waals surface area contributed by atoms with Gasteiger partial charge >= 0.3 is 12.0 Å². The number of carboxylic acid groups (broad SMARTS) is 1. The molecule has 1 aromatic rings. The van der Waals surface area contributed by atoms with Gasteiger partial charge in [0, 0.05) is 13.1 Å². The Morgan fingerprint density at radius 1 is 1.48 bits per heavy atom. The molecule has 2 amide bonds. The molecule has 0 spiro atoms. The minimum Gasteiger partial charge on any atom is -0.481 e. The molecule has 1 aliphatic rings. The highest BCUT2D eigenvalue weighted by Gasteiger charge is 2.40. The Labute approximate surface area is 122 Å². The first-order valence-electron chi connectivity index (χ1n) is 7.00. The lowest BCUT2D eigenvalue weighted by Crippen LogP contribution is -2.49. The Bertz CT molecular complexity index is 495. The van der Waals surface area contributed by atoms with Gasteiger partial charge in [-0.1, -0.05) is 12.1 Å². The number of hydrogen-bond donors (Lipinski definition) is 3. The molecule has 21 heavy (non-hydrogen) atoms. The van der Waals surface area contributed by atoms with E-state index >= 15 is 0 Å². The number of rotatable bonds is 4. The second-order valence-corrected chi connectivity index (χ2v) is 5.37. The van der Waals surface area contributed by atoms with E-state index < -0.39 is 11.4 Å². The molecule has 1 saturated heterocycles. The van der Waals surface area contributed by atoms with Gasteiger partial charge in [-0.05, 0) is 26.2 Å². The van der Waals surface area contributed by atoms with Crippen LogP contribution in [0.4, 0.5) is 4.79 Å². The largest absolute Gasteiger partial charge is 0.481 e. The number of tetrazole rings is 1. The van der Waals surface area contributed by atoms with Crippen LogP contribution in [-0.4, -0.2) is 55.7 Å². The molecule has 1 aliphatic heterocycles. The highest BCUT2D eigenvalue weighted by atomic mass is 16.4. The zero-order valence-corrected chi connectivity index (χ0v) is 12.2. The van der Waals surface area contributed by atoms with E-state index in [9.17, 15) is 14.7 Å². The maximum Gasteiger partial charge on any atom is 0.317 e. The van der Waals surface area contributed by atoms with Crippen molar-refractivity contribution < 1.29 is 14.7 Å². The van der Waals surface area contributed by atoms with Crippen molar-refractivity contribution >= 4 is 12.0 Å². The molecule has 0 saturated carbocycles. The van der Waals surface area contributed by atoms with Crippen LogP contribution in [0.15, 0.2) is 0 Å². The molecule has 1 unspecified atom stereocenters. The number of aliphatic carboxylic acids is 1. The third kappa shape index (κ3) is 3.11. The van der Waals surface area contributed by atoms with Gasteiger partial charge in [0.05, 0.1) is 11.5 Å². The maximum absolute atomic E-state index is 12.2. The molecular formula is C12H20N6O3. The van der Waals surface area contributed by atoms with Gasteiger partial charge in [0.15, 0.2) is 5.82 Å². The third-order valence-electron chi connectivity index (χ3n) is 4.23. The number of likely N-dealkylation sites (tertiary alicyclic amines) is 1. The van der Waals surface area contributed by atoms with Crippen molar-refractivity contribution in [2.45, 2.75) is 39.2 Å². The van der Waals surface area contributed by atoms with Gasteiger partial charge in [-0.15, -0.1) is 10.2 Å². The molecule has 2 heterocycles. The molecule has 2 rings (SSSR count). The number of aromatic amines is 1. The van der Waals surface area contributed by atoms with Crippen LogP contribution in [0.3, 0.4) is 0 Å². The van der Waals surface area contributed by atoms with Crippen LogP contribution in [0.25, 0.3) is 0 Å². The van der Waals surface area contributed by atoms with Crippen molar-refractivity contribution in [2.75, 3.05) is 13.1 Å². The lowest BCUT2D eigenvalue weighted by atomic mass is 9.76. The number of H-pyrrole nitrogens is 1. The van der Waals surface area contributed by atoms with E-state index in [0.29, 0.717) is 38.2 Å². The Kier molecular flexibility index (Phi) is 4.39. The lowest BCUT2D eigenvalue weighted by Gasteiger charge is -2.38. The van der Waals surface area contributed by atoms with Crippen LogP contribution >= 0.6 is 0 Å². The summed E-state index contributed by atoms with van der Waals surface area (Å²) in [5.41, 5.74) is -0.698. The number of carbonyl (C=O) groups excluding carboxylic acids is 1. The third-order valence-corrected chi connectivity index (χ3v) is 4.23. The number of hydrogen-bond acceptors (Lipinski definition) is 5. The van der Waals surface area contributed by atoms with Gasteiger partial charge in [-0.2, -0.15) is 5.21 Å². The summed E-state index contributed by atoms with van der Waals surface area (Å²) in [6.45, 7) is 4.51. The average molecular weight is 296 g/mol. The summed E-state index contributed by atoms with van der Waals surface area (Å²) >= 11 is 0. The Morgan fingerprint density at radius 2 is 2.14 bits per heavy atom. The van der Waals surface area contributed by atoms with Gasteiger partial charge in [0.2, 0.25) is 0 Å². The van der Waals surface area contributed by atoms with Gasteiger partial charge in [0.25, 0.3) is 0 Å². The summed E-state index contributed by atoms with van der Waals surface area (Å²) in [6, 6.07) is -0.587. The van der Waals surface area contributed by atoms with Crippen molar-refractivity contribution in [3.05, 3.63) is 5.82 Å². The average Bonchev–Trinajstić information content (AvgIpc) is 3.01. The van der Waals surface area contributed by atoms with Crippen LogP contribution in [-0.2, 0) is 4.79 Å². The lowest BCUT2D eigenvalue weighted by molar-refractivity contribution is -0.151. The molecule has 3 N–H and O–H groups in total. The maximum atomic E-state index is 12.2. The van der Waals surface area contributed by atoms with E-state index in [1.807, 2.05) is 6.92 Å². The van der Waals surface area contributed by atoms with Gasteiger partial charge in [0.1, 0.15) is 0 Å². The summed E-state index contributed by atoms with van der Waals surface area (Å²) in [5, 5.41) is 25.5. The first-order chi connectivity index (χ1) is 9.98. The van der Waals surface area contributed by atoms with Crippen LogP contribution in [0.2, 0.25) is 0 Å². The number of urea groups is 1. The fourth-order valence-corrected chi connectivity index (χ4v) is 2.55. The normalized spacial score (nSPS) is 19.0. The molecule has 116 valence electrons. The summed E-state index contributed by atoms with van der Waals surface area (Å²) in [7, 11) is 0. The minimum atomic E-state index is -0.773. The van der Waals surface area contributed by atoms with Crippen LogP contribution in [0, 0.1) is 5.41 Å². The second-order valence-electron chi connectivity index (χ2n) is 5.37. The predicted octanol–water partition coefficient (Wildman–Crippen LogP) is 0.547. The summed E-state index contributed by atoms with van der Waals surface area (Å²) in [5.74, 6) is -0.362. The SMILES string of the molecule is CCC1(C(=O)O)CCN(C(=O)NC(C)c2nn[nH]n2)CC1. The van der Waals surface area contributed by atoms with Crippen molar-refractivity contribution in [3.63, 3.8) is 0 Å². The van der Waals surface area contributed by atoms with Crippen LogP contribution in [0.1, 0.15) is 45.0 Å². The fraction of sp³-hybridized carbons (Fsp3) is 0.750. The van der Waals surface area contributed by atoms with Gasteiger partial charge in [-0.25, -0.2) is 4.79 Å². The second kappa shape index (κ2) is 6.06. The number of nitrogens with one attached hydrogen (secondary N) is 2. The van der Waals surface area contributed by atoms with Crippen LogP contribution < -0.4 is 5.32 Å². The quantitative estimate of drug-likeness (QED) is 0.745.